The first kappa shape index (κ1) is 19.8. The first-order valence-electron chi connectivity index (χ1n) is 9.41. The third-order valence-corrected chi connectivity index (χ3v) is 6.97. The highest BCUT2D eigenvalue weighted by atomic mass is 32.2. The number of fused-ring (bicyclic) bond motifs is 1. The van der Waals surface area contributed by atoms with Crippen molar-refractivity contribution in [3.63, 3.8) is 0 Å². The Morgan fingerprint density at radius 1 is 1.07 bits per heavy atom. The summed E-state index contributed by atoms with van der Waals surface area (Å²) in [4.78, 5) is 14.3. The first-order valence-corrected chi connectivity index (χ1v) is 10.8. The lowest BCUT2D eigenvalue weighted by atomic mass is 10.1. The van der Waals surface area contributed by atoms with Crippen molar-refractivity contribution in [1.29, 1.82) is 0 Å². The van der Waals surface area contributed by atoms with Crippen molar-refractivity contribution < 1.29 is 13.2 Å². The Kier molecular flexibility index (Phi) is 6.14. The molecule has 0 bridgehead atoms. The fourth-order valence-electron chi connectivity index (χ4n) is 3.23. The van der Waals surface area contributed by atoms with Gasteiger partial charge in [-0.25, -0.2) is 8.42 Å². The van der Waals surface area contributed by atoms with Crippen LogP contribution in [0.2, 0.25) is 0 Å². The molecule has 1 saturated heterocycles. The predicted octanol–water partition coefficient (Wildman–Crippen LogP) is 2.06. The maximum absolute atomic E-state index is 13.0. The third-order valence-electron chi connectivity index (χ3n) is 5.08. The van der Waals surface area contributed by atoms with Gasteiger partial charge >= 0.3 is 0 Å². The van der Waals surface area contributed by atoms with Crippen LogP contribution >= 0.6 is 0 Å². The molecule has 27 heavy (non-hydrogen) atoms. The Labute approximate surface area is 161 Å². The smallest absolute Gasteiger partial charge is 0.243 e. The zero-order valence-corrected chi connectivity index (χ0v) is 16.7. The molecule has 146 valence electrons. The van der Waals surface area contributed by atoms with E-state index in [0.717, 1.165) is 17.2 Å². The monoisotopic (exact) mass is 389 g/mol. The molecular formula is C20H27N3O3S. The van der Waals surface area contributed by atoms with Crippen molar-refractivity contribution in [2.24, 2.45) is 0 Å². The molecule has 1 atom stereocenters. The van der Waals surface area contributed by atoms with E-state index < -0.39 is 10.0 Å². The number of hydrogen-bond donors (Lipinski definition) is 1. The van der Waals surface area contributed by atoms with Gasteiger partial charge in [0.15, 0.2) is 0 Å². The quantitative estimate of drug-likeness (QED) is 0.821. The molecule has 0 aromatic heterocycles. The van der Waals surface area contributed by atoms with E-state index in [0.29, 0.717) is 37.6 Å². The molecule has 0 radical (unpaired) electrons. The molecule has 0 spiro atoms. The molecule has 7 heteroatoms. The van der Waals surface area contributed by atoms with Gasteiger partial charge in [0.25, 0.3) is 0 Å². The summed E-state index contributed by atoms with van der Waals surface area (Å²) >= 11 is 0. The summed E-state index contributed by atoms with van der Waals surface area (Å²) in [5, 5.41) is 4.89. The second-order valence-corrected chi connectivity index (χ2v) is 9.00. The molecular weight excluding hydrogens is 362 g/mol. The van der Waals surface area contributed by atoms with E-state index in [1.165, 1.54) is 4.31 Å². The minimum absolute atomic E-state index is 0.00446. The van der Waals surface area contributed by atoms with Gasteiger partial charge in [0.2, 0.25) is 15.9 Å². The largest absolute Gasteiger partial charge is 0.353 e. The van der Waals surface area contributed by atoms with Gasteiger partial charge in [0.1, 0.15) is 0 Å². The lowest BCUT2D eigenvalue weighted by Crippen LogP contribution is -2.51. The van der Waals surface area contributed by atoms with Crippen LogP contribution in [-0.2, 0) is 14.8 Å². The number of amides is 1. The van der Waals surface area contributed by atoms with Gasteiger partial charge in [0.05, 0.1) is 11.4 Å². The predicted molar refractivity (Wildman–Crippen MR) is 107 cm³/mol. The number of nitrogens with one attached hydrogen (secondary N) is 1. The SMILES string of the molecule is CC[C@@H](C)NC(=O)CN1CCN(S(=O)(=O)c2ccc3ccccc3c2)CC1. The minimum Gasteiger partial charge on any atom is -0.353 e. The number of hydrogen-bond acceptors (Lipinski definition) is 4. The zero-order valence-electron chi connectivity index (χ0n) is 15.9. The minimum atomic E-state index is -3.52. The summed E-state index contributed by atoms with van der Waals surface area (Å²) in [6.45, 7) is 6.22. The zero-order chi connectivity index (χ0) is 19.4. The lowest BCUT2D eigenvalue weighted by molar-refractivity contribution is -0.123. The standard InChI is InChI=1S/C20H27N3O3S/c1-3-16(2)21-20(24)15-22-10-12-23(13-11-22)27(25,26)19-9-8-17-6-4-5-7-18(17)14-19/h4-9,14,16H,3,10-13,15H2,1-2H3,(H,21,24)/t16-/m1/s1. The summed E-state index contributed by atoms with van der Waals surface area (Å²) in [6, 6.07) is 13.1. The number of carbonyl (C=O) groups is 1. The molecule has 1 aliphatic heterocycles. The van der Waals surface area contributed by atoms with Crippen LogP contribution in [0.3, 0.4) is 0 Å². The van der Waals surface area contributed by atoms with E-state index in [2.05, 4.69) is 5.32 Å². The molecule has 3 rings (SSSR count). The van der Waals surface area contributed by atoms with Crippen molar-refractivity contribution in [2.45, 2.75) is 31.2 Å². The third kappa shape index (κ3) is 4.66. The van der Waals surface area contributed by atoms with Gasteiger partial charge in [-0.2, -0.15) is 4.31 Å². The maximum atomic E-state index is 13.0. The molecule has 0 aliphatic carbocycles. The Bertz CT molecular complexity index is 906. The van der Waals surface area contributed by atoms with Gasteiger partial charge in [0, 0.05) is 32.2 Å². The summed E-state index contributed by atoms with van der Waals surface area (Å²) in [5.41, 5.74) is 0. The number of nitrogens with zero attached hydrogens (tertiary/aromatic N) is 2. The van der Waals surface area contributed by atoms with Crippen LogP contribution < -0.4 is 5.32 Å². The molecule has 1 heterocycles. The summed E-state index contributed by atoms with van der Waals surface area (Å²) in [6.07, 6.45) is 0.892. The van der Waals surface area contributed by atoms with Gasteiger partial charge in [-0.3, -0.25) is 9.69 Å². The molecule has 2 aromatic rings. The number of rotatable bonds is 6. The fraction of sp³-hybridized carbons (Fsp3) is 0.450. The normalized spacial score (nSPS) is 17.7. The van der Waals surface area contributed by atoms with Crippen molar-refractivity contribution in [2.75, 3.05) is 32.7 Å². The molecule has 2 aromatic carbocycles. The lowest BCUT2D eigenvalue weighted by Gasteiger charge is -2.33. The Morgan fingerprint density at radius 2 is 1.74 bits per heavy atom. The van der Waals surface area contributed by atoms with E-state index in [9.17, 15) is 13.2 Å². The second-order valence-electron chi connectivity index (χ2n) is 7.07. The summed E-state index contributed by atoms with van der Waals surface area (Å²) < 4.78 is 27.5. The van der Waals surface area contributed by atoms with Gasteiger partial charge < -0.3 is 5.32 Å². The Morgan fingerprint density at radius 3 is 2.41 bits per heavy atom. The highest BCUT2D eigenvalue weighted by Crippen LogP contribution is 2.22. The van der Waals surface area contributed by atoms with Gasteiger partial charge in [-0.1, -0.05) is 37.3 Å². The topological polar surface area (TPSA) is 69.7 Å². The van der Waals surface area contributed by atoms with Crippen LogP contribution in [-0.4, -0.2) is 62.3 Å². The van der Waals surface area contributed by atoms with Gasteiger partial charge in [-0.05, 0) is 36.2 Å². The van der Waals surface area contributed by atoms with Crippen molar-refractivity contribution in [1.82, 2.24) is 14.5 Å². The highest BCUT2D eigenvalue weighted by Gasteiger charge is 2.29. The second kappa shape index (κ2) is 8.37. The average molecular weight is 390 g/mol. The molecule has 1 aliphatic rings. The van der Waals surface area contributed by atoms with Crippen LogP contribution in [0.1, 0.15) is 20.3 Å². The van der Waals surface area contributed by atoms with Gasteiger partial charge in [-0.15, -0.1) is 0 Å². The van der Waals surface area contributed by atoms with Crippen LogP contribution in [0.5, 0.6) is 0 Å². The molecule has 1 fully saturated rings. The van der Waals surface area contributed by atoms with E-state index >= 15 is 0 Å². The van der Waals surface area contributed by atoms with Crippen molar-refractivity contribution in [3.8, 4) is 0 Å². The molecule has 0 unspecified atom stereocenters. The highest BCUT2D eigenvalue weighted by molar-refractivity contribution is 7.89. The summed E-state index contributed by atoms with van der Waals surface area (Å²) in [5.74, 6) is -0.00446. The summed E-state index contributed by atoms with van der Waals surface area (Å²) in [7, 11) is -3.52. The van der Waals surface area contributed by atoms with E-state index in [4.69, 9.17) is 0 Å². The Hall–Kier alpha value is -1.96. The number of benzene rings is 2. The number of sulfonamides is 1. The molecule has 6 nitrogen and oxygen atoms in total. The Balaban J connectivity index is 1.63. The average Bonchev–Trinajstić information content (AvgIpc) is 2.67. The first-order chi connectivity index (χ1) is 12.9. The molecule has 1 amide bonds. The van der Waals surface area contributed by atoms with E-state index in [-0.39, 0.29) is 11.9 Å². The maximum Gasteiger partial charge on any atom is 0.243 e. The van der Waals surface area contributed by atoms with Crippen LogP contribution in [0.25, 0.3) is 10.8 Å². The van der Waals surface area contributed by atoms with Crippen molar-refractivity contribution >= 4 is 26.7 Å². The van der Waals surface area contributed by atoms with Crippen molar-refractivity contribution in [3.05, 3.63) is 42.5 Å². The number of carbonyl (C=O) groups excluding carboxylic acids is 1. The van der Waals surface area contributed by atoms with E-state index in [1.807, 2.05) is 49.1 Å². The van der Waals surface area contributed by atoms with Crippen LogP contribution in [0.15, 0.2) is 47.4 Å². The molecule has 1 N–H and O–H groups in total. The van der Waals surface area contributed by atoms with Crippen LogP contribution in [0.4, 0.5) is 0 Å². The molecule has 0 saturated carbocycles. The van der Waals surface area contributed by atoms with E-state index in [1.54, 1.807) is 12.1 Å². The fourth-order valence-corrected chi connectivity index (χ4v) is 4.69. The number of piperazine rings is 1. The van der Waals surface area contributed by atoms with Crippen LogP contribution in [0, 0.1) is 0 Å².